The summed E-state index contributed by atoms with van der Waals surface area (Å²) < 4.78 is 6.51. The first kappa shape index (κ1) is 20.9. The van der Waals surface area contributed by atoms with Crippen LogP contribution >= 0.6 is 11.3 Å². The molecule has 0 bridgehead atoms. The minimum atomic E-state index is -1.09. The van der Waals surface area contributed by atoms with Gasteiger partial charge < -0.3 is 10.1 Å². The Labute approximate surface area is 191 Å². The topological polar surface area (TPSA) is 74.8 Å². The van der Waals surface area contributed by atoms with Gasteiger partial charge in [-0.2, -0.15) is 0 Å². The molecule has 0 radical (unpaired) electrons. The number of nitrogens with one attached hydrogen (secondary N) is 1. The fourth-order valence-electron chi connectivity index (χ4n) is 4.54. The van der Waals surface area contributed by atoms with Crippen LogP contribution in [0.15, 0.2) is 48.5 Å². The summed E-state index contributed by atoms with van der Waals surface area (Å²) in [5.74, 6) is 0.846. The molecule has 2 aliphatic rings. The number of rotatable bonds is 5. The van der Waals surface area contributed by atoms with Crippen LogP contribution in [-0.4, -0.2) is 53.6 Å². The first-order chi connectivity index (χ1) is 15.5. The van der Waals surface area contributed by atoms with Gasteiger partial charge in [0, 0.05) is 19.0 Å². The molecule has 0 unspecified atom stereocenters. The van der Waals surface area contributed by atoms with Crippen molar-refractivity contribution in [1.82, 2.24) is 20.1 Å². The van der Waals surface area contributed by atoms with E-state index in [1.807, 2.05) is 30.3 Å². The number of aromatic nitrogens is 1. The Hall–Kier alpha value is -2.97. The molecule has 8 heteroatoms. The van der Waals surface area contributed by atoms with Crippen LogP contribution in [0.5, 0.6) is 5.75 Å². The molecule has 2 fully saturated rings. The third-order valence-corrected chi connectivity index (χ3v) is 7.71. The van der Waals surface area contributed by atoms with E-state index in [2.05, 4.69) is 22.3 Å². The van der Waals surface area contributed by atoms with Gasteiger partial charge in [-0.05, 0) is 49.6 Å². The summed E-state index contributed by atoms with van der Waals surface area (Å²) in [5, 5.41) is 4.07. The van der Waals surface area contributed by atoms with Crippen LogP contribution in [0, 0.1) is 0 Å². The maximum Gasteiger partial charge on any atom is 0.326 e. The summed E-state index contributed by atoms with van der Waals surface area (Å²) in [6.07, 6.45) is 1.94. The van der Waals surface area contributed by atoms with Crippen molar-refractivity contribution in [3.8, 4) is 5.75 Å². The van der Waals surface area contributed by atoms with Crippen LogP contribution in [0.1, 0.15) is 36.3 Å². The van der Waals surface area contributed by atoms with E-state index in [0.717, 1.165) is 31.4 Å². The van der Waals surface area contributed by atoms with E-state index < -0.39 is 5.54 Å². The lowest BCUT2D eigenvalue weighted by Crippen LogP contribution is -2.46. The summed E-state index contributed by atoms with van der Waals surface area (Å²) >= 11 is 1.77. The minimum absolute atomic E-state index is 0.232. The Kier molecular flexibility index (Phi) is 5.35. The van der Waals surface area contributed by atoms with E-state index >= 15 is 0 Å². The van der Waals surface area contributed by atoms with Gasteiger partial charge >= 0.3 is 6.03 Å². The highest BCUT2D eigenvalue weighted by Gasteiger charge is 2.49. The van der Waals surface area contributed by atoms with Crippen molar-refractivity contribution in [3.05, 3.63) is 59.1 Å². The summed E-state index contributed by atoms with van der Waals surface area (Å²) in [7, 11) is 1.58. The fraction of sp³-hybridized carbons (Fsp3) is 0.375. The van der Waals surface area contributed by atoms with E-state index in [4.69, 9.17) is 9.72 Å². The Morgan fingerprint density at radius 2 is 1.94 bits per heavy atom. The third kappa shape index (κ3) is 3.63. The Balaban J connectivity index is 1.25. The molecule has 32 heavy (non-hydrogen) atoms. The molecule has 3 amide bonds. The van der Waals surface area contributed by atoms with Crippen molar-refractivity contribution in [2.45, 2.75) is 31.2 Å². The van der Waals surface area contributed by atoms with Gasteiger partial charge in [0.25, 0.3) is 5.91 Å². The number of likely N-dealkylation sites (tertiary alicyclic amines) is 1. The number of hydrogen-bond donors (Lipinski definition) is 1. The molecule has 2 aliphatic heterocycles. The average Bonchev–Trinajstić information content (AvgIpc) is 3.35. The summed E-state index contributed by atoms with van der Waals surface area (Å²) in [5.41, 5.74) is 0.684. The number of amides is 3. The zero-order valence-electron chi connectivity index (χ0n) is 18.2. The van der Waals surface area contributed by atoms with Crippen LogP contribution in [0.3, 0.4) is 0 Å². The molecule has 0 saturated carbocycles. The molecule has 1 N–H and O–H groups in total. The van der Waals surface area contributed by atoms with Gasteiger partial charge in [-0.15, -0.1) is 11.3 Å². The predicted octanol–water partition coefficient (Wildman–Crippen LogP) is 3.91. The first-order valence-corrected chi connectivity index (χ1v) is 11.7. The predicted molar refractivity (Wildman–Crippen MR) is 124 cm³/mol. The van der Waals surface area contributed by atoms with Crippen molar-refractivity contribution in [1.29, 1.82) is 0 Å². The smallest absolute Gasteiger partial charge is 0.326 e. The molecule has 0 aliphatic carbocycles. The number of methoxy groups -OCH3 is 1. The molecule has 5 rings (SSSR count). The summed E-state index contributed by atoms with van der Waals surface area (Å²) in [4.78, 5) is 34.3. The maximum absolute atomic E-state index is 13.3. The molecular formula is C24H26N4O3S. The van der Waals surface area contributed by atoms with Gasteiger partial charge in [0.05, 0.1) is 29.0 Å². The second-order valence-electron chi connectivity index (χ2n) is 8.57. The maximum atomic E-state index is 13.3. The summed E-state index contributed by atoms with van der Waals surface area (Å²) in [6.45, 7) is 3.71. The van der Waals surface area contributed by atoms with Gasteiger partial charge in [-0.3, -0.25) is 9.69 Å². The Bertz CT molecular complexity index is 1140. The van der Waals surface area contributed by atoms with Crippen molar-refractivity contribution >= 4 is 33.5 Å². The van der Waals surface area contributed by atoms with Crippen LogP contribution in [0.25, 0.3) is 10.2 Å². The quantitative estimate of drug-likeness (QED) is 0.597. The highest BCUT2D eigenvalue weighted by molar-refractivity contribution is 7.18. The molecule has 1 atom stereocenters. The summed E-state index contributed by atoms with van der Waals surface area (Å²) in [6, 6.07) is 15.2. The number of ether oxygens (including phenoxy) is 1. The van der Waals surface area contributed by atoms with E-state index in [1.165, 1.54) is 14.6 Å². The monoisotopic (exact) mass is 450 g/mol. The largest absolute Gasteiger partial charge is 0.497 e. The molecule has 3 aromatic rings. The number of urea groups is 1. The van der Waals surface area contributed by atoms with Gasteiger partial charge in [0.1, 0.15) is 11.3 Å². The zero-order chi connectivity index (χ0) is 22.3. The number of fused-ring (bicyclic) bond motifs is 1. The van der Waals surface area contributed by atoms with E-state index in [0.29, 0.717) is 23.9 Å². The highest BCUT2D eigenvalue weighted by atomic mass is 32.1. The molecule has 1 aromatic heterocycles. The molecule has 0 spiro atoms. The molecule has 3 heterocycles. The normalized spacial score (nSPS) is 22.5. The van der Waals surface area contributed by atoms with E-state index in [-0.39, 0.29) is 11.9 Å². The fourth-order valence-corrected chi connectivity index (χ4v) is 5.68. The lowest BCUT2D eigenvalue weighted by atomic mass is 9.92. The minimum Gasteiger partial charge on any atom is -0.497 e. The first-order valence-electron chi connectivity index (χ1n) is 10.8. The Morgan fingerprint density at radius 1 is 1.16 bits per heavy atom. The Morgan fingerprint density at radius 3 is 2.69 bits per heavy atom. The number of carbonyl (C=O) groups excluding carboxylic acids is 2. The van der Waals surface area contributed by atoms with E-state index in [1.54, 1.807) is 31.4 Å². The second kappa shape index (κ2) is 8.18. The van der Waals surface area contributed by atoms with Crippen LogP contribution in [0.4, 0.5) is 4.79 Å². The highest BCUT2D eigenvalue weighted by Crippen LogP contribution is 2.35. The van der Waals surface area contributed by atoms with E-state index in [9.17, 15) is 9.59 Å². The number of hydrogen-bond acceptors (Lipinski definition) is 6. The van der Waals surface area contributed by atoms with Gasteiger partial charge in [-0.1, -0.05) is 24.3 Å². The zero-order valence-corrected chi connectivity index (χ0v) is 19.0. The van der Waals surface area contributed by atoms with Gasteiger partial charge in [0.2, 0.25) is 0 Å². The van der Waals surface area contributed by atoms with Crippen molar-refractivity contribution in [2.24, 2.45) is 0 Å². The molecule has 7 nitrogen and oxygen atoms in total. The number of para-hydroxylation sites is 1. The standard InChI is InChI=1S/C24H26N4O3S/c1-24(17-6-5-7-18(14-17)31-2)22(29)28(23(30)26-24)15-27-12-10-16(11-13-27)21-25-19-8-3-4-9-20(19)32-21/h3-9,14,16H,10-13,15H2,1-2H3,(H,26,30)/t24-/m1/s1. The number of carbonyl (C=O) groups is 2. The van der Waals surface area contributed by atoms with Crippen molar-refractivity contribution in [2.75, 3.05) is 26.9 Å². The molecule has 2 aromatic carbocycles. The molecular weight excluding hydrogens is 424 g/mol. The number of imide groups is 1. The third-order valence-electron chi connectivity index (χ3n) is 6.51. The van der Waals surface area contributed by atoms with Gasteiger partial charge in [-0.25, -0.2) is 14.7 Å². The lowest BCUT2D eigenvalue weighted by Gasteiger charge is -2.33. The number of piperidine rings is 1. The van der Waals surface area contributed by atoms with Crippen molar-refractivity contribution in [3.63, 3.8) is 0 Å². The van der Waals surface area contributed by atoms with Crippen LogP contribution < -0.4 is 10.1 Å². The van der Waals surface area contributed by atoms with Gasteiger partial charge in [0.15, 0.2) is 0 Å². The number of benzene rings is 2. The van der Waals surface area contributed by atoms with Crippen LogP contribution in [-0.2, 0) is 10.3 Å². The SMILES string of the molecule is COc1cccc([C@@]2(C)NC(=O)N(CN3CCC(c4nc5ccccc5s4)CC3)C2=O)c1. The van der Waals surface area contributed by atoms with Crippen molar-refractivity contribution < 1.29 is 14.3 Å². The number of thiazole rings is 1. The van der Waals surface area contributed by atoms with Crippen LogP contribution in [0.2, 0.25) is 0 Å². The number of nitrogens with zero attached hydrogens (tertiary/aromatic N) is 3. The second-order valence-corrected chi connectivity index (χ2v) is 9.64. The molecule has 2 saturated heterocycles. The molecule has 166 valence electrons. The lowest BCUT2D eigenvalue weighted by molar-refractivity contribution is -0.132. The average molecular weight is 451 g/mol.